The minimum Gasteiger partial charge on any atom is -0.489 e. The van der Waals surface area contributed by atoms with Crippen molar-refractivity contribution < 1.29 is 14.3 Å². The van der Waals surface area contributed by atoms with Crippen LogP contribution in [0.3, 0.4) is 0 Å². The highest BCUT2D eigenvalue weighted by Gasteiger charge is 2.29. The van der Waals surface area contributed by atoms with Crippen molar-refractivity contribution in [2.24, 2.45) is 0 Å². The Labute approximate surface area is 142 Å². The van der Waals surface area contributed by atoms with E-state index in [9.17, 15) is 4.79 Å². The topological polar surface area (TPSA) is 51.7 Å². The lowest BCUT2D eigenvalue weighted by Gasteiger charge is -2.34. The van der Waals surface area contributed by atoms with E-state index < -0.39 is 6.10 Å². The molecule has 1 saturated heterocycles. The number of hydrogen-bond acceptors (Lipinski definition) is 4. The summed E-state index contributed by atoms with van der Waals surface area (Å²) < 4.78 is 11.4. The van der Waals surface area contributed by atoms with Gasteiger partial charge in [-0.2, -0.15) is 0 Å². The van der Waals surface area contributed by atoms with Crippen LogP contribution in [0.1, 0.15) is 24.5 Å². The number of hydrogen-bond donors (Lipinski definition) is 0. The molecule has 2 aromatic rings. The number of ether oxygens (including phenoxy) is 2. The van der Waals surface area contributed by atoms with E-state index in [0.29, 0.717) is 13.1 Å². The zero-order chi connectivity index (χ0) is 16.8. The largest absolute Gasteiger partial charge is 0.489 e. The van der Waals surface area contributed by atoms with Gasteiger partial charge in [0.2, 0.25) is 0 Å². The number of piperidine rings is 1. The Balaban J connectivity index is 1.56. The molecule has 0 aliphatic carbocycles. The third kappa shape index (κ3) is 3.92. The van der Waals surface area contributed by atoms with Crippen molar-refractivity contribution in [3.63, 3.8) is 0 Å². The van der Waals surface area contributed by atoms with Crippen molar-refractivity contribution in [2.45, 2.75) is 25.0 Å². The summed E-state index contributed by atoms with van der Waals surface area (Å²) in [5.74, 6) is 0.796. The second-order valence-corrected chi connectivity index (χ2v) is 5.86. The number of carbonyl (C=O) groups is 1. The van der Waals surface area contributed by atoms with E-state index in [0.717, 1.165) is 24.2 Å². The second kappa shape index (κ2) is 7.93. The van der Waals surface area contributed by atoms with Crippen LogP contribution in [0.15, 0.2) is 54.9 Å². The molecule has 5 nitrogen and oxygen atoms in total. The lowest BCUT2D eigenvalue weighted by Crippen LogP contribution is -2.44. The summed E-state index contributed by atoms with van der Waals surface area (Å²) in [6.45, 7) is 1.35. The molecule has 1 atom stereocenters. The number of likely N-dealkylation sites (tertiary alicyclic amines) is 1. The lowest BCUT2D eigenvalue weighted by atomic mass is 10.0. The van der Waals surface area contributed by atoms with Gasteiger partial charge >= 0.3 is 0 Å². The molecule has 0 bridgehead atoms. The van der Waals surface area contributed by atoms with Gasteiger partial charge in [0.15, 0.2) is 6.10 Å². The zero-order valence-corrected chi connectivity index (χ0v) is 13.8. The number of aromatic nitrogens is 1. The van der Waals surface area contributed by atoms with Crippen LogP contribution < -0.4 is 4.74 Å². The minimum atomic E-state index is -0.540. The van der Waals surface area contributed by atoms with Crippen molar-refractivity contribution in [3.8, 4) is 5.75 Å². The van der Waals surface area contributed by atoms with Gasteiger partial charge in [0.25, 0.3) is 5.91 Å². The normalized spacial score (nSPS) is 16.6. The van der Waals surface area contributed by atoms with E-state index in [1.165, 1.54) is 0 Å². The molecular formula is C19H22N2O3. The first kappa shape index (κ1) is 16.5. The number of carbonyl (C=O) groups excluding carboxylic acids is 1. The van der Waals surface area contributed by atoms with Crippen LogP contribution in [0.25, 0.3) is 0 Å². The highest BCUT2D eigenvalue weighted by molar-refractivity contribution is 5.82. The maximum absolute atomic E-state index is 12.7. The molecule has 5 heteroatoms. The van der Waals surface area contributed by atoms with Crippen molar-refractivity contribution in [1.29, 1.82) is 0 Å². The fourth-order valence-electron chi connectivity index (χ4n) is 2.98. The van der Waals surface area contributed by atoms with Crippen LogP contribution in [-0.2, 0) is 9.53 Å². The molecule has 1 fully saturated rings. The van der Waals surface area contributed by atoms with Gasteiger partial charge in [-0.05, 0) is 17.7 Å². The van der Waals surface area contributed by atoms with E-state index in [1.807, 2.05) is 47.4 Å². The summed E-state index contributed by atoms with van der Waals surface area (Å²) in [5.41, 5.74) is 0.888. The summed E-state index contributed by atoms with van der Waals surface area (Å²) in [7, 11) is 1.58. The van der Waals surface area contributed by atoms with Gasteiger partial charge in [-0.1, -0.05) is 30.3 Å². The Morgan fingerprint density at radius 1 is 1.17 bits per heavy atom. The van der Waals surface area contributed by atoms with Gasteiger partial charge in [0, 0.05) is 39.2 Å². The molecule has 126 valence electrons. The molecule has 3 rings (SSSR count). The molecule has 0 saturated carbocycles. The molecule has 1 aromatic carbocycles. The Kier molecular flexibility index (Phi) is 5.43. The van der Waals surface area contributed by atoms with E-state index in [-0.39, 0.29) is 12.0 Å². The van der Waals surface area contributed by atoms with E-state index in [4.69, 9.17) is 9.47 Å². The van der Waals surface area contributed by atoms with Crippen molar-refractivity contribution in [1.82, 2.24) is 9.88 Å². The van der Waals surface area contributed by atoms with Crippen LogP contribution in [-0.4, -0.2) is 42.1 Å². The fourth-order valence-corrected chi connectivity index (χ4v) is 2.98. The van der Waals surface area contributed by atoms with Gasteiger partial charge in [0.05, 0.1) is 6.20 Å². The monoisotopic (exact) mass is 326 g/mol. The predicted molar refractivity (Wildman–Crippen MR) is 90.7 cm³/mol. The smallest absolute Gasteiger partial charge is 0.256 e. The Bertz CT molecular complexity index is 640. The Hall–Kier alpha value is -2.40. The van der Waals surface area contributed by atoms with Crippen LogP contribution in [0.2, 0.25) is 0 Å². The summed E-state index contributed by atoms with van der Waals surface area (Å²) in [6.07, 6.45) is 4.65. The van der Waals surface area contributed by atoms with Crippen molar-refractivity contribution >= 4 is 5.91 Å². The first-order valence-corrected chi connectivity index (χ1v) is 8.21. The van der Waals surface area contributed by atoms with Crippen molar-refractivity contribution in [2.75, 3.05) is 20.2 Å². The van der Waals surface area contributed by atoms with E-state index in [2.05, 4.69) is 4.98 Å². The van der Waals surface area contributed by atoms with Gasteiger partial charge in [-0.15, -0.1) is 0 Å². The molecular weight excluding hydrogens is 304 g/mol. The van der Waals surface area contributed by atoms with Crippen LogP contribution >= 0.6 is 0 Å². The quantitative estimate of drug-likeness (QED) is 0.848. The average molecular weight is 326 g/mol. The maximum atomic E-state index is 12.7. The number of nitrogens with zero attached hydrogens (tertiary/aromatic N) is 2. The van der Waals surface area contributed by atoms with E-state index in [1.54, 1.807) is 19.5 Å². The first-order valence-electron chi connectivity index (χ1n) is 8.21. The van der Waals surface area contributed by atoms with Crippen LogP contribution in [0, 0.1) is 0 Å². The molecule has 1 aromatic heterocycles. The molecule has 2 heterocycles. The number of amides is 1. The number of pyridine rings is 1. The van der Waals surface area contributed by atoms with Crippen molar-refractivity contribution in [3.05, 3.63) is 60.4 Å². The molecule has 0 spiro atoms. The van der Waals surface area contributed by atoms with E-state index >= 15 is 0 Å². The number of rotatable bonds is 5. The van der Waals surface area contributed by atoms with Gasteiger partial charge in [-0.25, -0.2) is 0 Å². The molecule has 0 N–H and O–H groups in total. The molecule has 1 aliphatic heterocycles. The Morgan fingerprint density at radius 3 is 2.54 bits per heavy atom. The Morgan fingerprint density at radius 2 is 1.92 bits per heavy atom. The number of benzene rings is 1. The van der Waals surface area contributed by atoms with Gasteiger partial charge in [0.1, 0.15) is 11.9 Å². The highest BCUT2D eigenvalue weighted by Crippen LogP contribution is 2.23. The summed E-state index contributed by atoms with van der Waals surface area (Å²) >= 11 is 0. The summed E-state index contributed by atoms with van der Waals surface area (Å²) in [4.78, 5) is 18.7. The third-order valence-corrected chi connectivity index (χ3v) is 4.25. The molecule has 1 aliphatic rings. The van der Waals surface area contributed by atoms with Gasteiger partial charge in [-0.3, -0.25) is 9.78 Å². The lowest BCUT2D eigenvalue weighted by molar-refractivity contribution is -0.144. The standard InChI is InChI=1S/C19H22N2O3/c1-23-18(15-6-3-2-4-7-15)19(22)21-12-9-16(10-13-21)24-17-8-5-11-20-14-17/h2-8,11,14,16,18H,9-10,12-13H2,1H3/t18-/m1/s1. The molecule has 24 heavy (non-hydrogen) atoms. The molecule has 0 unspecified atom stereocenters. The number of methoxy groups -OCH3 is 1. The fraction of sp³-hybridized carbons (Fsp3) is 0.368. The average Bonchev–Trinajstić information content (AvgIpc) is 2.65. The predicted octanol–water partition coefficient (Wildman–Crippen LogP) is 2.84. The summed E-state index contributed by atoms with van der Waals surface area (Å²) in [6, 6.07) is 13.4. The summed E-state index contributed by atoms with van der Waals surface area (Å²) in [5, 5.41) is 0. The maximum Gasteiger partial charge on any atom is 0.256 e. The van der Waals surface area contributed by atoms with Crippen LogP contribution in [0.4, 0.5) is 0 Å². The first-order chi connectivity index (χ1) is 11.8. The molecule has 1 amide bonds. The highest BCUT2D eigenvalue weighted by atomic mass is 16.5. The van der Waals surface area contributed by atoms with Crippen LogP contribution in [0.5, 0.6) is 5.75 Å². The van der Waals surface area contributed by atoms with Gasteiger partial charge < -0.3 is 14.4 Å². The third-order valence-electron chi connectivity index (χ3n) is 4.25. The SMILES string of the molecule is CO[C@@H](C(=O)N1CCC(Oc2cccnc2)CC1)c1ccccc1. The second-order valence-electron chi connectivity index (χ2n) is 5.86. The molecule has 0 radical (unpaired) electrons. The zero-order valence-electron chi connectivity index (χ0n) is 13.8. The minimum absolute atomic E-state index is 0.0172.